The number of nitrogens with zero attached hydrogens (tertiary/aromatic N) is 3. The molecule has 1 atom stereocenters. The molecule has 2 heterocycles. The van der Waals surface area contributed by atoms with Gasteiger partial charge in [-0.05, 0) is 19.3 Å². The van der Waals surface area contributed by atoms with Crippen LogP contribution in [0, 0.1) is 11.3 Å². The van der Waals surface area contributed by atoms with Gasteiger partial charge in [0, 0.05) is 30.2 Å². The van der Waals surface area contributed by atoms with Gasteiger partial charge in [-0.3, -0.25) is 9.48 Å². The SMILES string of the molecule is N#CC1=C(N)OC2=C(C(=O)CCC2)[C@@H]1c1cnn(C2CCCC2)c1. The Kier molecular flexibility index (Phi) is 3.64. The van der Waals surface area contributed by atoms with Gasteiger partial charge in [0.15, 0.2) is 5.78 Å². The molecule has 0 spiro atoms. The van der Waals surface area contributed by atoms with Crippen molar-refractivity contribution in [2.45, 2.75) is 56.9 Å². The number of aromatic nitrogens is 2. The first-order valence-electron chi connectivity index (χ1n) is 8.57. The fourth-order valence-corrected chi connectivity index (χ4v) is 4.06. The van der Waals surface area contributed by atoms with Gasteiger partial charge in [-0.15, -0.1) is 0 Å². The van der Waals surface area contributed by atoms with E-state index in [9.17, 15) is 10.1 Å². The monoisotopic (exact) mass is 324 g/mol. The highest BCUT2D eigenvalue weighted by Gasteiger charge is 2.38. The standard InChI is InChI=1S/C18H20N4O2/c19-8-13-16(11-9-21-22(10-11)12-4-1-2-5-12)17-14(23)6-3-7-15(17)24-18(13)20/h9-10,12,16H,1-7,20H2/t16-/m1/s1. The summed E-state index contributed by atoms with van der Waals surface area (Å²) in [5, 5.41) is 14.1. The molecule has 1 aromatic rings. The number of ketones is 1. The van der Waals surface area contributed by atoms with Gasteiger partial charge in [0.2, 0.25) is 5.88 Å². The van der Waals surface area contributed by atoms with Crippen LogP contribution >= 0.6 is 0 Å². The van der Waals surface area contributed by atoms with E-state index >= 15 is 0 Å². The molecular weight excluding hydrogens is 304 g/mol. The van der Waals surface area contributed by atoms with Crippen molar-refractivity contribution >= 4 is 5.78 Å². The Bertz CT molecular complexity index is 790. The van der Waals surface area contributed by atoms with Crippen LogP contribution in [0.5, 0.6) is 0 Å². The van der Waals surface area contributed by atoms with Crippen molar-refractivity contribution in [3.63, 3.8) is 0 Å². The van der Waals surface area contributed by atoms with Crippen molar-refractivity contribution in [1.29, 1.82) is 5.26 Å². The molecule has 0 saturated heterocycles. The van der Waals surface area contributed by atoms with Crippen LogP contribution in [-0.4, -0.2) is 15.6 Å². The highest BCUT2D eigenvalue weighted by Crippen LogP contribution is 2.43. The summed E-state index contributed by atoms with van der Waals surface area (Å²) in [5.41, 5.74) is 7.73. The third kappa shape index (κ3) is 2.32. The van der Waals surface area contributed by atoms with Crippen molar-refractivity contribution in [3.8, 4) is 6.07 Å². The minimum Gasteiger partial charge on any atom is -0.444 e. The Morgan fingerprint density at radius 3 is 2.83 bits per heavy atom. The van der Waals surface area contributed by atoms with E-state index in [1.165, 1.54) is 12.8 Å². The number of carbonyl (C=O) groups is 1. The molecule has 1 aromatic heterocycles. The van der Waals surface area contributed by atoms with E-state index in [-0.39, 0.29) is 11.7 Å². The molecule has 3 aliphatic rings. The van der Waals surface area contributed by atoms with E-state index < -0.39 is 5.92 Å². The van der Waals surface area contributed by atoms with Crippen molar-refractivity contribution in [3.05, 3.63) is 40.7 Å². The molecule has 2 N–H and O–H groups in total. The molecule has 0 unspecified atom stereocenters. The molecule has 0 bridgehead atoms. The molecule has 1 fully saturated rings. The number of allylic oxidation sites excluding steroid dienone is 3. The molecule has 124 valence electrons. The zero-order valence-electron chi connectivity index (χ0n) is 13.5. The summed E-state index contributed by atoms with van der Waals surface area (Å²) in [6.07, 6.45) is 10.4. The fourth-order valence-electron chi connectivity index (χ4n) is 4.06. The van der Waals surface area contributed by atoms with E-state index in [0.717, 1.165) is 24.8 Å². The number of rotatable bonds is 2. The van der Waals surface area contributed by atoms with Crippen LogP contribution in [0.4, 0.5) is 0 Å². The highest BCUT2D eigenvalue weighted by atomic mass is 16.5. The largest absolute Gasteiger partial charge is 0.444 e. The van der Waals surface area contributed by atoms with Crippen LogP contribution in [0.25, 0.3) is 0 Å². The van der Waals surface area contributed by atoms with Crippen LogP contribution in [-0.2, 0) is 9.53 Å². The zero-order valence-corrected chi connectivity index (χ0v) is 13.5. The zero-order chi connectivity index (χ0) is 16.7. The van der Waals surface area contributed by atoms with E-state index in [2.05, 4.69) is 11.2 Å². The molecule has 2 aliphatic carbocycles. The molecule has 4 rings (SSSR count). The lowest BCUT2D eigenvalue weighted by Crippen LogP contribution is -2.27. The van der Waals surface area contributed by atoms with Crippen molar-refractivity contribution < 1.29 is 9.53 Å². The number of ether oxygens (including phenoxy) is 1. The molecule has 6 heteroatoms. The van der Waals surface area contributed by atoms with Gasteiger partial charge < -0.3 is 10.5 Å². The minimum absolute atomic E-state index is 0.0510. The van der Waals surface area contributed by atoms with Gasteiger partial charge in [-0.1, -0.05) is 12.8 Å². The van der Waals surface area contributed by atoms with Gasteiger partial charge in [-0.2, -0.15) is 10.4 Å². The number of hydrogen-bond acceptors (Lipinski definition) is 5. The van der Waals surface area contributed by atoms with Crippen molar-refractivity contribution in [2.24, 2.45) is 5.73 Å². The first kappa shape index (κ1) is 15.0. The summed E-state index contributed by atoms with van der Waals surface area (Å²) in [4.78, 5) is 12.5. The van der Waals surface area contributed by atoms with Crippen molar-refractivity contribution in [1.82, 2.24) is 9.78 Å². The predicted octanol–water partition coefficient (Wildman–Crippen LogP) is 2.81. The van der Waals surface area contributed by atoms with E-state index in [4.69, 9.17) is 10.5 Å². The first-order valence-corrected chi connectivity index (χ1v) is 8.57. The second kappa shape index (κ2) is 5.82. The summed E-state index contributed by atoms with van der Waals surface area (Å²) in [6.45, 7) is 0. The maximum Gasteiger partial charge on any atom is 0.205 e. The van der Waals surface area contributed by atoms with Gasteiger partial charge in [0.1, 0.15) is 17.4 Å². The van der Waals surface area contributed by atoms with Crippen LogP contribution in [0.3, 0.4) is 0 Å². The van der Waals surface area contributed by atoms with Gasteiger partial charge in [0.25, 0.3) is 0 Å². The van der Waals surface area contributed by atoms with Crippen LogP contribution in [0.1, 0.15) is 62.5 Å². The Labute approximate surface area is 140 Å². The highest BCUT2D eigenvalue weighted by molar-refractivity contribution is 5.99. The summed E-state index contributed by atoms with van der Waals surface area (Å²) < 4.78 is 7.57. The average molecular weight is 324 g/mol. The molecule has 0 radical (unpaired) electrons. The third-order valence-electron chi connectivity index (χ3n) is 5.26. The average Bonchev–Trinajstić information content (AvgIpc) is 3.25. The van der Waals surface area contributed by atoms with E-state index in [1.54, 1.807) is 6.20 Å². The van der Waals surface area contributed by atoms with Crippen molar-refractivity contribution in [2.75, 3.05) is 0 Å². The molecule has 0 amide bonds. The van der Waals surface area contributed by atoms with E-state index in [0.29, 0.717) is 35.8 Å². The summed E-state index contributed by atoms with van der Waals surface area (Å²) in [5.74, 6) is 0.350. The van der Waals surface area contributed by atoms with E-state index in [1.807, 2.05) is 10.9 Å². The fraction of sp³-hybridized carbons (Fsp3) is 0.500. The molecule has 0 aromatic carbocycles. The Morgan fingerprint density at radius 1 is 1.29 bits per heavy atom. The smallest absolute Gasteiger partial charge is 0.205 e. The summed E-state index contributed by atoms with van der Waals surface area (Å²) in [6, 6.07) is 2.56. The minimum atomic E-state index is -0.443. The molecule has 1 aliphatic heterocycles. The molecule has 1 saturated carbocycles. The maximum absolute atomic E-state index is 12.5. The molecule has 6 nitrogen and oxygen atoms in total. The predicted molar refractivity (Wildman–Crippen MR) is 86.3 cm³/mol. The molecule has 24 heavy (non-hydrogen) atoms. The third-order valence-corrected chi connectivity index (χ3v) is 5.26. The lowest BCUT2D eigenvalue weighted by molar-refractivity contribution is -0.116. The number of carbonyl (C=O) groups excluding carboxylic acids is 1. The normalized spacial score (nSPS) is 24.8. The lowest BCUT2D eigenvalue weighted by atomic mass is 9.78. The summed E-state index contributed by atoms with van der Waals surface area (Å²) >= 11 is 0. The van der Waals surface area contributed by atoms with Crippen LogP contribution in [0.2, 0.25) is 0 Å². The maximum atomic E-state index is 12.5. The molecular formula is C18H20N4O2. The lowest BCUT2D eigenvalue weighted by Gasteiger charge is -2.30. The Hall–Kier alpha value is -2.55. The van der Waals surface area contributed by atoms with Crippen LogP contribution < -0.4 is 5.73 Å². The second-order valence-corrected chi connectivity index (χ2v) is 6.73. The first-order chi connectivity index (χ1) is 11.7. The summed E-state index contributed by atoms with van der Waals surface area (Å²) in [7, 11) is 0. The Morgan fingerprint density at radius 2 is 2.08 bits per heavy atom. The topological polar surface area (TPSA) is 93.9 Å². The van der Waals surface area contributed by atoms with Gasteiger partial charge >= 0.3 is 0 Å². The van der Waals surface area contributed by atoms with Gasteiger partial charge in [-0.25, -0.2) is 0 Å². The van der Waals surface area contributed by atoms with Gasteiger partial charge in [0.05, 0.1) is 18.2 Å². The number of hydrogen-bond donors (Lipinski definition) is 1. The second-order valence-electron chi connectivity index (χ2n) is 6.73. The number of Topliss-reactive ketones (excluding diaryl/α,β-unsaturated/α-hetero) is 1. The number of nitrogens with two attached hydrogens (primary N) is 1. The number of nitriles is 1. The Balaban J connectivity index is 1.77. The van der Waals surface area contributed by atoms with Crippen LogP contribution in [0.15, 0.2) is 35.2 Å². The quantitative estimate of drug-likeness (QED) is 0.902.